The van der Waals surface area contributed by atoms with Gasteiger partial charge in [0, 0.05) is 101 Å². The van der Waals surface area contributed by atoms with Crippen molar-refractivity contribution in [2.24, 2.45) is 0 Å². The van der Waals surface area contributed by atoms with E-state index in [-0.39, 0.29) is 20.1 Å². The van der Waals surface area contributed by atoms with E-state index in [1.54, 1.807) is 0 Å². The van der Waals surface area contributed by atoms with Crippen molar-refractivity contribution >= 4 is 242 Å². The van der Waals surface area contributed by atoms with Gasteiger partial charge in [0.05, 0.1) is 0 Å². The Kier molecular flexibility index (Phi) is 7.82. The fraction of sp³-hybridized carbons (Fsp3) is 0. The molecule has 9 aliphatic rings. The second-order valence-corrected chi connectivity index (χ2v) is 24.1. The molecule has 9 aliphatic heterocycles. The first-order valence-electron chi connectivity index (χ1n) is 29.5. The van der Waals surface area contributed by atoms with Crippen LogP contribution in [0.1, 0.15) is 0 Å². The van der Waals surface area contributed by atoms with Gasteiger partial charge in [-0.05, 0) is 136 Å². The van der Waals surface area contributed by atoms with Crippen LogP contribution in [-0.2, 0) is 0 Å². The van der Waals surface area contributed by atoms with E-state index >= 15 is 0 Å². The van der Waals surface area contributed by atoms with Crippen molar-refractivity contribution in [1.29, 1.82) is 0 Å². The fourth-order valence-corrected chi connectivity index (χ4v) is 17.5. The molecule has 375 valence electrons. The molecule has 84 heavy (non-hydrogen) atoms. The molecule has 9 heterocycles. The minimum Gasteiger partial charge on any atom is -0.356 e. The van der Waals surface area contributed by atoms with Crippen molar-refractivity contribution in [3.63, 3.8) is 0 Å². The van der Waals surface area contributed by atoms with Crippen molar-refractivity contribution in [2.45, 2.75) is 0 Å². The number of fused-ring (bicyclic) bond motifs is 33. The maximum absolute atomic E-state index is 4.39. The normalized spacial score (nSPS) is 14.9. The highest BCUT2D eigenvalue weighted by molar-refractivity contribution is 7.04. The second kappa shape index (κ2) is 15.1. The van der Waals surface area contributed by atoms with Crippen molar-refractivity contribution in [3.8, 4) is 0 Å². The van der Waals surface area contributed by atoms with Crippen LogP contribution < -0.4 is 113 Å². The lowest BCUT2D eigenvalue weighted by molar-refractivity contribution is 1.30. The molecule has 0 saturated heterocycles. The molecule has 0 aromatic heterocycles. The molecular formula is C72H39B6N6. The number of hydrogen-bond acceptors (Lipinski definition) is 6. The molecule has 6 nitrogen and oxygen atoms in total. The average Bonchev–Trinajstić information content (AvgIpc) is 0.705. The molecule has 13 aromatic carbocycles. The van der Waals surface area contributed by atoms with Crippen LogP contribution in [-0.4, -0.2) is 42.0 Å². The van der Waals surface area contributed by atoms with Gasteiger partial charge in [-0.3, -0.25) is 0 Å². The number of para-hydroxylation sites is 9. The average molecular weight is 1050 g/mol. The Balaban J connectivity index is 1.05. The molecule has 0 fully saturated rings. The lowest BCUT2D eigenvalue weighted by atomic mass is 9.31. The van der Waals surface area contributed by atoms with Gasteiger partial charge in [-0.2, -0.15) is 0 Å². The van der Waals surface area contributed by atoms with E-state index in [0.717, 1.165) is 17.1 Å². The number of anilines is 15. The standard InChI is InChI=1S/C72H39B6N6/c1-13-31-49-37(19-1)73-61-55-56-59(68-65-71-62(56)74-38-20-2-14-32-50(38)83(71)53-35-17-8-26-44(53)77(65)41-23-5-11-29-47(41)80-68)60-57(58(55)67-64-70(61)82(49)52-34-16-7-25-43(52)76(64)40-22-4-10-28-46(40)79-67)63-72-66-69(60)81-48-30-12-6-24-42(48)78(66)45-27-9-18-36-54(45)84(72)51-33-15-3-21-39(51)75-63/h1-36,79-81H. The molecule has 22 rings (SSSR count). The Morgan fingerprint density at radius 1 is 0.250 bits per heavy atom. The lowest BCUT2D eigenvalue weighted by Gasteiger charge is -2.48. The predicted molar refractivity (Wildman–Crippen MR) is 361 cm³/mol. The highest BCUT2D eigenvalue weighted by Gasteiger charge is 2.51. The molecule has 0 aliphatic carbocycles. The summed E-state index contributed by atoms with van der Waals surface area (Å²) in [6.45, 7) is -0.140. The van der Waals surface area contributed by atoms with Gasteiger partial charge >= 0.3 is 0 Å². The summed E-state index contributed by atoms with van der Waals surface area (Å²) in [5.41, 5.74) is 37.1. The van der Waals surface area contributed by atoms with Gasteiger partial charge in [0.2, 0.25) is 0 Å². The molecule has 0 amide bonds. The zero-order chi connectivity index (χ0) is 53.9. The number of nitrogens with zero attached hydrogens (tertiary/aromatic N) is 3. The SMILES string of the molecule is [B]1c2ccccc2N2c3ccccc3B3c4ccccc4Nc4c3c2c1c1c2c3c5c6c(c2c2c7c8c9c(c2c41)[B]c1ccccc1N9c1ccccc1B8c1ccccc1N7)Nc1ccccc1B6c1ccccc1N5c1ccccc1[B]3. The molecule has 0 unspecified atom stereocenters. The van der Waals surface area contributed by atoms with Gasteiger partial charge in [0.25, 0.3) is 20.1 Å². The molecule has 0 spiro atoms. The third kappa shape index (κ3) is 4.99. The minimum atomic E-state index is -0.0469. The van der Waals surface area contributed by atoms with E-state index in [1.807, 2.05) is 0 Å². The van der Waals surface area contributed by atoms with Gasteiger partial charge < -0.3 is 30.7 Å². The van der Waals surface area contributed by atoms with Crippen LogP contribution in [0.5, 0.6) is 0 Å². The summed E-state index contributed by atoms with van der Waals surface area (Å²) < 4.78 is 0. The largest absolute Gasteiger partial charge is 0.356 e. The Bertz CT molecular complexity index is 4490. The van der Waals surface area contributed by atoms with Crippen molar-refractivity contribution in [2.75, 3.05) is 30.7 Å². The third-order valence-electron chi connectivity index (χ3n) is 20.4. The summed E-state index contributed by atoms with van der Waals surface area (Å²) in [7, 11) is 7.69. The highest BCUT2D eigenvalue weighted by Crippen LogP contribution is 2.54. The van der Waals surface area contributed by atoms with E-state index in [0.29, 0.717) is 0 Å². The molecular weight excluding hydrogens is 1010 g/mol. The summed E-state index contributed by atoms with van der Waals surface area (Å²) in [5, 5.41) is 20.6. The molecule has 3 N–H and O–H groups in total. The predicted octanol–water partition coefficient (Wildman–Crippen LogP) is 6.12. The van der Waals surface area contributed by atoms with Crippen molar-refractivity contribution in [1.82, 2.24) is 0 Å². The Hall–Kier alpha value is -10.2. The maximum atomic E-state index is 4.39. The first-order chi connectivity index (χ1) is 41.7. The van der Waals surface area contributed by atoms with Crippen molar-refractivity contribution < 1.29 is 0 Å². The maximum Gasteiger partial charge on any atom is 0.252 e. The number of benzene rings is 13. The molecule has 12 heteroatoms. The monoisotopic (exact) mass is 1050 g/mol. The first kappa shape index (κ1) is 43.5. The topological polar surface area (TPSA) is 45.8 Å². The van der Waals surface area contributed by atoms with Crippen LogP contribution >= 0.6 is 0 Å². The fourth-order valence-electron chi connectivity index (χ4n) is 17.5. The second-order valence-electron chi connectivity index (χ2n) is 24.1. The van der Waals surface area contributed by atoms with Crippen LogP contribution in [0, 0.1) is 0 Å². The highest BCUT2D eigenvalue weighted by atomic mass is 15.2. The van der Waals surface area contributed by atoms with E-state index in [9.17, 15) is 0 Å². The van der Waals surface area contributed by atoms with E-state index in [4.69, 9.17) is 0 Å². The lowest BCUT2D eigenvalue weighted by Crippen LogP contribution is -2.64. The molecule has 13 aromatic rings. The number of rotatable bonds is 0. The quantitative estimate of drug-likeness (QED) is 0.126. The van der Waals surface area contributed by atoms with Crippen LogP contribution in [0.2, 0.25) is 0 Å². The molecule has 0 bridgehead atoms. The van der Waals surface area contributed by atoms with Crippen molar-refractivity contribution in [3.05, 3.63) is 218 Å². The van der Waals surface area contributed by atoms with Crippen LogP contribution in [0.25, 0.3) is 32.3 Å². The Labute approximate surface area is 487 Å². The summed E-state index contributed by atoms with van der Waals surface area (Å²) in [6, 6.07) is 82.4. The van der Waals surface area contributed by atoms with Crippen LogP contribution in [0.4, 0.5) is 85.3 Å². The number of nitrogens with one attached hydrogen (secondary N) is 3. The summed E-state index contributed by atoms with van der Waals surface area (Å²) in [4.78, 5) is 7.89. The Morgan fingerprint density at radius 3 is 0.833 bits per heavy atom. The summed E-state index contributed by atoms with van der Waals surface area (Å²) in [6.07, 6.45) is 0. The summed E-state index contributed by atoms with van der Waals surface area (Å²) in [5.74, 6) is 0. The Morgan fingerprint density at radius 2 is 0.500 bits per heavy atom. The van der Waals surface area contributed by atoms with Gasteiger partial charge in [-0.1, -0.05) is 180 Å². The zero-order valence-electron chi connectivity index (χ0n) is 45.1. The molecule has 3 radical (unpaired) electrons. The van der Waals surface area contributed by atoms with E-state index in [1.165, 1.54) is 183 Å². The molecule has 0 atom stereocenters. The van der Waals surface area contributed by atoms with Gasteiger partial charge in [-0.15, -0.1) is 0 Å². The van der Waals surface area contributed by atoms with Crippen LogP contribution in [0.15, 0.2) is 218 Å². The van der Waals surface area contributed by atoms with Gasteiger partial charge in [0.1, 0.15) is 0 Å². The molecule has 0 saturated carbocycles. The third-order valence-corrected chi connectivity index (χ3v) is 20.4. The summed E-state index contributed by atoms with van der Waals surface area (Å²) >= 11 is 0. The smallest absolute Gasteiger partial charge is 0.252 e. The first-order valence-corrected chi connectivity index (χ1v) is 29.5. The number of hydrogen-bond donors (Lipinski definition) is 3. The van der Waals surface area contributed by atoms with Crippen LogP contribution in [0.3, 0.4) is 0 Å². The van der Waals surface area contributed by atoms with E-state index in [2.05, 4.69) is 271 Å². The van der Waals surface area contributed by atoms with Gasteiger partial charge in [0.15, 0.2) is 21.8 Å². The van der Waals surface area contributed by atoms with E-state index < -0.39 is 0 Å². The van der Waals surface area contributed by atoms with Gasteiger partial charge in [-0.25, -0.2) is 0 Å². The minimum absolute atomic E-state index is 0.0466. The zero-order valence-corrected chi connectivity index (χ0v) is 45.1.